The van der Waals surface area contributed by atoms with Gasteiger partial charge in [-0.2, -0.15) is 0 Å². The Bertz CT molecular complexity index is 270. The minimum atomic E-state index is 0.514. The van der Waals surface area contributed by atoms with Gasteiger partial charge in [-0.3, -0.25) is 0 Å². The van der Waals surface area contributed by atoms with Crippen LogP contribution in [-0.2, 0) is 0 Å². The zero-order valence-corrected chi connectivity index (χ0v) is 11.4. The topological polar surface area (TPSA) is 12.0 Å². The maximum Gasteiger partial charge on any atom is 0.0701 e. The monoisotopic (exact) mass is 275 g/mol. The summed E-state index contributed by atoms with van der Waals surface area (Å²) in [5.74, 6) is 0.785. The molecule has 14 heavy (non-hydrogen) atoms. The van der Waals surface area contributed by atoms with Gasteiger partial charge in [-0.05, 0) is 58.7 Å². The Hall–Kier alpha value is 0.140. The number of nitrogens with one attached hydrogen (secondary N) is 1. The molecule has 0 aliphatic heterocycles. The third-order valence-corrected chi connectivity index (χ3v) is 3.89. The SMILES string of the molecule is CNC(CCC(C)C)c1csc(Br)c1. The Morgan fingerprint density at radius 3 is 2.57 bits per heavy atom. The van der Waals surface area contributed by atoms with Crippen molar-refractivity contribution in [1.82, 2.24) is 5.32 Å². The summed E-state index contributed by atoms with van der Waals surface area (Å²) in [6.07, 6.45) is 2.50. The number of thiophene rings is 1. The Kier molecular flexibility index (Phi) is 5.13. The van der Waals surface area contributed by atoms with Crippen molar-refractivity contribution < 1.29 is 0 Å². The second-order valence-corrected chi connectivity index (χ2v) is 6.29. The van der Waals surface area contributed by atoms with E-state index in [1.807, 2.05) is 7.05 Å². The van der Waals surface area contributed by atoms with Gasteiger partial charge < -0.3 is 5.32 Å². The van der Waals surface area contributed by atoms with Gasteiger partial charge in [0.05, 0.1) is 3.79 Å². The van der Waals surface area contributed by atoms with Gasteiger partial charge in [-0.15, -0.1) is 11.3 Å². The molecular formula is C11H18BrNS. The maximum absolute atomic E-state index is 3.50. The van der Waals surface area contributed by atoms with Crippen molar-refractivity contribution in [2.75, 3.05) is 7.05 Å². The zero-order chi connectivity index (χ0) is 10.6. The van der Waals surface area contributed by atoms with Crippen molar-refractivity contribution in [3.05, 3.63) is 20.8 Å². The van der Waals surface area contributed by atoms with Crippen LogP contribution in [0, 0.1) is 5.92 Å². The van der Waals surface area contributed by atoms with Crippen molar-refractivity contribution in [2.45, 2.75) is 32.7 Å². The van der Waals surface area contributed by atoms with E-state index in [-0.39, 0.29) is 0 Å². The first kappa shape index (κ1) is 12.2. The van der Waals surface area contributed by atoms with Crippen LogP contribution in [0.3, 0.4) is 0 Å². The van der Waals surface area contributed by atoms with Crippen LogP contribution in [0.25, 0.3) is 0 Å². The first-order chi connectivity index (χ1) is 6.63. The number of rotatable bonds is 5. The van der Waals surface area contributed by atoms with Crippen molar-refractivity contribution in [3.63, 3.8) is 0 Å². The predicted molar refractivity (Wildman–Crippen MR) is 67.9 cm³/mol. The number of hydrogen-bond donors (Lipinski definition) is 1. The first-order valence-electron chi connectivity index (χ1n) is 5.04. The molecule has 0 aliphatic carbocycles. The first-order valence-corrected chi connectivity index (χ1v) is 6.72. The predicted octanol–water partition coefficient (Wildman–Crippen LogP) is 4.21. The van der Waals surface area contributed by atoms with E-state index in [1.54, 1.807) is 11.3 Å². The molecule has 1 aromatic rings. The summed E-state index contributed by atoms with van der Waals surface area (Å²) in [6, 6.07) is 2.73. The van der Waals surface area contributed by atoms with Crippen LogP contribution in [0.1, 0.15) is 38.3 Å². The molecule has 0 spiro atoms. The molecule has 0 radical (unpaired) electrons. The Balaban J connectivity index is 2.54. The van der Waals surface area contributed by atoms with Gasteiger partial charge in [-0.1, -0.05) is 13.8 Å². The summed E-state index contributed by atoms with van der Waals surface area (Å²) < 4.78 is 1.22. The fraction of sp³-hybridized carbons (Fsp3) is 0.636. The third kappa shape index (κ3) is 3.71. The fourth-order valence-corrected chi connectivity index (χ4v) is 2.71. The molecule has 1 rings (SSSR count). The lowest BCUT2D eigenvalue weighted by Gasteiger charge is -2.15. The smallest absolute Gasteiger partial charge is 0.0701 e. The molecule has 80 valence electrons. The molecule has 0 amide bonds. The van der Waals surface area contributed by atoms with E-state index in [4.69, 9.17) is 0 Å². The molecule has 0 fully saturated rings. The van der Waals surface area contributed by atoms with Crippen molar-refractivity contribution in [1.29, 1.82) is 0 Å². The van der Waals surface area contributed by atoms with E-state index < -0.39 is 0 Å². The summed E-state index contributed by atoms with van der Waals surface area (Å²) in [4.78, 5) is 0. The van der Waals surface area contributed by atoms with Crippen LogP contribution < -0.4 is 5.32 Å². The van der Waals surface area contributed by atoms with E-state index in [9.17, 15) is 0 Å². The van der Waals surface area contributed by atoms with Crippen LogP contribution in [-0.4, -0.2) is 7.05 Å². The standard InChI is InChI=1S/C11H18BrNS/c1-8(2)4-5-10(13-3)9-6-11(12)14-7-9/h6-8,10,13H,4-5H2,1-3H3. The van der Waals surface area contributed by atoms with E-state index in [0.29, 0.717) is 6.04 Å². The van der Waals surface area contributed by atoms with Gasteiger partial charge >= 0.3 is 0 Å². The zero-order valence-electron chi connectivity index (χ0n) is 9.01. The minimum Gasteiger partial charge on any atom is -0.313 e. The summed E-state index contributed by atoms with van der Waals surface area (Å²) in [5, 5.41) is 5.60. The van der Waals surface area contributed by atoms with Gasteiger partial charge in [0.2, 0.25) is 0 Å². The maximum atomic E-state index is 3.50. The second kappa shape index (κ2) is 5.89. The molecule has 1 unspecified atom stereocenters. The molecule has 1 heterocycles. The van der Waals surface area contributed by atoms with E-state index >= 15 is 0 Å². The molecule has 1 N–H and O–H groups in total. The average Bonchev–Trinajstić information content (AvgIpc) is 2.53. The molecule has 0 bridgehead atoms. The molecule has 1 atom stereocenters. The van der Waals surface area contributed by atoms with Crippen molar-refractivity contribution in [2.24, 2.45) is 5.92 Å². The van der Waals surface area contributed by atoms with Gasteiger partial charge in [-0.25, -0.2) is 0 Å². The van der Waals surface area contributed by atoms with Crippen LogP contribution in [0.4, 0.5) is 0 Å². The highest BCUT2D eigenvalue weighted by Gasteiger charge is 2.11. The quantitative estimate of drug-likeness (QED) is 0.849. The normalized spacial score (nSPS) is 13.5. The van der Waals surface area contributed by atoms with E-state index in [2.05, 4.69) is 46.5 Å². The summed E-state index contributed by atoms with van der Waals surface area (Å²) in [7, 11) is 2.04. The molecule has 0 aromatic carbocycles. The van der Waals surface area contributed by atoms with Gasteiger partial charge in [0.25, 0.3) is 0 Å². The molecule has 1 aromatic heterocycles. The van der Waals surface area contributed by atoms with Crippen LogP contribution in [0.15, 0.2) is 15.2 Å². The average molecular weight is 276 g/mol. The van der Waals surface area contributed by atoms with Crippen LogP contribution in [0.2, 0.25) is 0 Å². The molecule has 0 aliphatic rings. The summed E-state index contributed by atoms with van der Waals surface area (Å²) in [5.41, 5.74) is 1.41. The molecule has 1 nitrogen and oxygen atoms in total. The summed E-state index contributed by atoms with van der Waals surface area (Å²) in [6.45, 7) is 4.55. The highest BCUT2D eigenvalue weighted by Crippen LogP contribution is 2.28. The lowest BCUT2D eigenvalue weighted by Crippen LogP contribution is -2.16. The third-order valence-electron chi connectivity index (χ3n) is 2.37. The largest absolute Gasteiger partial charge is 0.313 e. The molecule has 3 heteroatoms. The Labute approximate surface area is 99.0 Å². The van der Waals surface area contributed by atoms with Crippen LogP contribution in [0.5, 0.6) is 0 Å². The highest BCUT2D eigenvalue weighted by molar-refractivity contribution is 9.11. The highest BCUT2D eigenvalue weighted by atomic mass is 79.9. The Morgan fingerprint density at radius 2 is 2.14 bits per heavy atom. The lowest BCUT2D eigenvalue weighted by atomic mass is 10.00. The lowest BCUT2D eigenvalue weighted by molar-refractivity contribution is 0.465. The van der Waals surface area contributed by atoms with Crippen LogP contribution >= 0.6 is 27.3 Å². The fourth-order valence-electron chi connectivity index (χ4n) is 1.48. The number of halogens is 1. The van der Waals surface area contributed by atoms with Crippen molar-refractivity contribution >= 4 is 27.3 Å². The minimum absolute atomic E-state index is 0.514. The van der Waals surface area contributed by atoms with Gasteiger partial charge in [0.15, 0.2) is 0 Å². The molecule has 0 saturated heterocycles. The van der Waals surface area contributed by atoms with E-state index in [0.717, 1.165) is 5.92 Å². The van der Waals surface area contributed by atoms with Gasteiger partial charge in [0.1, 0.15) is 0 Å². The van der Waals surface area contributed by atoms with Crippen molar-refractivity contribution in [3.8, 4) is 0 Å². The van der Waals surface area contributed by atoms with Gasteiger partial charge in [0, 0.05) is 6.04 Å². The van der Waals surface area contributed by atoms with E-state index in [1.165, 1.54) is 22.2 Å². The second-order valence-electron chi connectivity index (χ2n) is 4.00. The number of hydrogen-bond acceptors (Lipinski definition) is 2. The molecular weight excluding hydrogens is 258 g/mol. The summed E-state index contributed by atoms with van der Waals surface area (Å²) >= 11 is 5.26. The Morgan fingerprint density at radius 1 is 1.43 bits per heavy atom. The molecule has 0 saturated carbocycles.